The summed E-state index contributed by atoms with van der Waals surface area (Å²) in [5, 5.41) is 4.28. The van der Waals surface area contributed by atoms with Crippen molar-refractivity contribution in [3.8, 4) is 11.6 Å². The Morgan fingerprint density at radius 3 is 2.95 bits per heavy atom. The fourth-order valence-corrected chi connectivity index (χ4v) is 1.78. The second-order valence-corrected chi connectivity index (χ2v) is 4.59. The Balaban J connectivity index is 1.97. The van der Waals surface area contributed by atoms with Crippen molar-refractivity contribution < 1.29 is 4.74 Å². The first-order valence-corrected chi connectivity index (χ1v) is 6.10. The lowest BCUT2D eigenvalue weighted by atomic mass is 10.4. The highest BCUT2D eigenvalue weighted by atomic mass is 35.5. The minimum absolute atomic E-state index is 0.0888. The summed E-state index contributed by atoms with van der Waals surface area (Å²) in [6.45, 7) is 4.07. The molecule has 3 aromatic rings. The first-order chi connectivity index (χ1) is 9.13. The minimum atomic E-state index is 0.0888. The van der Waals surface area contributed by atoms with E-state index >= 15 is 0 Å². The van der Waals surface area contributed by atoms with Crippen molar-refractivity contribution in [2.45, 2.75) is 19.9 Å². The zero-order valence-corrected chi connectivity index (χ0v) is 11.1. The maximum Gasteiger partial charge on any atom is 0.250 e. The Morgan fingerprint density at radius 2 is 2.21 bits per heavy atom. The highest BCUT2D eigenvalue weighted by Gasteiger charge is 2.12. The molecule has 8 heteroatoms. The molecule has 0 fully saturated rings. The molecule has 0 bridgehead atoms. The number of hydrogen-bond acceptors (Lipinski definition) is 5. The van der Waals surface area contributed by atoms with Gasteiger partial charge in [-0.15, -0.1) is 0 Å². The van der Waals surface area contributed by atoms with Crippen molar-refractivity contribution in [1.82, 2.24) is 29.7 Å². The van der Waals surface area contributed by atoms with Crippen LogP contribution >= 0.6 is 11.6 Å². The topological polar surface area (TPSA) is 81.5 Å². The molecular weight excluding hydrogens is 268 g/mol. The number of aromatic nitrogens is 6. The number of rotatable bonds is 3. The largest absolute Gasteiger partial charge is 0.434 e. The minimum Gasteiger partial charge on any atom is -0.434 e. The molecule has 0 atom stereocenters. The monoisotopic (exact) mass is 278 g/mol. The van der Waals surface area contributed by atoms with E-state index in [0.29, 0.717) is 22.8 Å². The Labute approximate surface area is 113 Å². The van der Waals surface area contributed by atoms with Crippen molar-refractivity contribution >= 4 is 22.8 Å². The van der Waals surface area contributed by atoms with E-state index in [1.165, 1.54) is 6.33 Å². The lowest BCUT2D eigenvalue weighted by Crippen LogP contribution is -1.99. The first-order valence-electron chi connectivity index (χ1n) is 5.72. The molecule has 0 aliphatic carbocycles. The van der Waals surface area contributed by atoms with E-state index < -0.39 is 0 Å². The van der Waals surface area contributed by atoms with Gasteiger partial charge in [0.15, 0.2) is 11.4 Å². The maximum atomic E-state index is 5.83. The average molecular weight is 279 g/mol. The van der Waals surface area contributed by atoms with Gasteiger partial charge in [-0.05, 0) is 25.4 Å². The summed E-state index contributed by atoms with van der Waals surface area (Å²) in [5.41, 5.74) is 1.06. The van der Waals surface area contributed by atoms with Crippen LogP contribution in [-0.4, -0.2) is 29.7 Å². The summed E-state index contributed by atoms with van der Waals surface area (Å²) in [6.07, 6.45) is 4.93. The van der Waals surface area contributed by atoms with Gasteiger partial charge in [-0.3, -0.25) is 4.68 Å². The van der Waals surface area contributed by atoms with Gasteiger partial charge in [0.1, 0.15) is 5.52 Å². The molecule has 3 aromatic heterocycles. The number of halogens is 1. The van der Waals surface area contributed by atoms with Crippen molar-refractivity contribution in [2.24, 2.45) is 0 Å². The van der Waals surface area contributed by atoms with Gasteiger partial charge in [-0.1, -0.05) is 0 Å². The molecule has 0 aromatic carbocycles. The lowest BCUT2D eigenvalue weighted by Gasteiger charge is -2.04. The van der Waals surface area contributed by atoms with Crippen LogP contribution in [0.2, 0.25) is 5.28 Å². The van der Waals surface area contributed by atoms with Gasteiger partial charge in [0.2, 0.25) is 11.2 Å². The van der Waals surface area contributed by atoms with Gasteiger partial charge in [0.05, 0.1) is 18.7 Å². The Kier molecular flexibility index (Phi) is 2.83. The van der Waals surface area contributed by atoms with Gasteiger partial charge in [0.25, 0.3) is 0 Å². The predicted molar refractivity (Wildman–Crippen MR) is 69.4 cm³/mol. The van der Waals surface area contributed by atoms with Crippen LogP contribution in [0.5, 0.6) is 11.6 Å². The smallest absolute Gasteiger partial charge is 0.250 e. The molecule has 0 saturated heterocycles. The number of hydrogen-bond donors (Lipinski definition) is 1. The molecule has 0 unspecified atom stereocenters. The van der Waals surface area contributed by atoms with Crippen LogP contribution < -0.4 is 4.74 Å². The highest BCUT2D eigenvalue weighted by molar-refractivity contribution is 6.28. The zero-order valence-electron chi connectivity index (χ0n) is 10.3. The summed E-state index contributed by atoms with van der Waals surface area (Å²) in [5.74, 6) is 0.912. The van der Waals surface area contributed by atoms with Crippen LogP contribution in [0.3, 0.4) is 0 Å². The second kappa shape index (κ2) is 4.51. The molecule has 0 spiro atoms. The third-order valence-corrected chi connectivity index (χ3v) is 2.72. The van der Waals surface area contributed by atoms with Crippen molar-refractivity contribution in [1.29, 1.82) is 0 Å². The van der Waals surface area contributed by atoms with Crippen LogP contribution in [0.1, 0.15) is 19.9 Å². The van der Waals surface area contributed by atoms with Gasteiger partial charge in [0, 0.05) is 6.04 Å². The van der Waals surface area contributed by atoms with Crippen LogP contribution in [-0.2, 0) is 0 Å². The Bertz CT molecular complexity index is 719. The third kappa shape index (κ3) is 2.24. The Morgan fingerprint density at radius 1 is 1.37 bits per heavy atom. The number of nitrogens with one attached hydrogen (secondary N) is 1. The van der Waals surface area contributed by atoms with E-state index in [0.717, 1.165) is 0 Å². The number of aromatic amines is 1. The van der Waals surface area contributed by atoms with E-state index in [4.69, 9.17) is 16.3 Å². The zero-order chi connectivity index (χ0) is 13.4. The summed E-state index contributed by atoms with van der Waals surface area (Å²) < 4.78 is 7.47. The molecule has 0 radical (unpaired) electrons. The summed E-state index contributed by atoms with van der Waals surface area (Å²) in [7, 11) is 0. The van der Waals surface area contributed by atoms with E-state index in [-0.39, 0.29) is 11.3 Å². The quantitative estimate of drug-likeness (QED) is 0.745. The summed E-state index contributed by atoms with van der Waals surface area (Å²) in [6, 6.07) is 0.263. The van der Waals surface area contributed by atoms with E-state index in [2.05, 4.69) is 25.0 Å². The molecule has 0 saturated carbocycles. The Hall–Kier alpha value is -2.15. The molecule has 7 nitrogen and oxygen atoms in total. The van der Waals surface area contributed by atoms with Crippen LogP contribution in [0.25, 0.3) is 11.2 Å². The number of H-pyrrole nitrogens is 1. The van der Waals surface area contributed by atoms with Gasteiger partial charge >= 0.3 is 0 Å². The van der Waals surface area contributed by atoms with Crippen molar-refractivity contribution in [2.75, 3.05) is 0 Å². The maximum absolute atomic E-state index is 5.83. The lowest BCUT2D eigenvalue weighted by molar-refractivity contribution is 0.463. The number of ether oxygens (including phenoxy) is 1. The van der Waals surface area contributed by atoms with E-state index in [1.807, 2.05) is 13.8 Å². The van der Waals surface area contributed by atoms with Crippen molar-refractivity contribution in [3.63, 3.8) is 0 Å². The molecule has 1 N–H and O–H groups in total. The fraction of sp³-hybridized carbons (Fsp3) is 0.273. The van der Waals surface area contributed by atoms with Gasteiger partial charge in [-0.25, -0.2) is 4.98 Å². The van der Waals surface area contributed by atoms with E-state index in [1.54, 1.807) is 17.1 Å². The van der Waals surface area contributed by atoms with Crippen LogP contribution in [0, 0.1) is 0 Å². The number of fused-ring (bicyclic) bond motifs is 1. The molecule has 0 aliphatic heterocycles. The summed E-state index contributed by atoms with van der Waals surface area (Å²) >= 11 is 5.83. The van der Waals surface area contributed by atoms with Crippen LogP contribution in [0.15, 0.2) is 18.7 Å². The summed E-state index contributed by atoms with van der Waals surface area (Å²) in [4.78, 5) is 15.0. The van der Waals surface area contributed by atoms with E-state index in [9.17, 15) is 0 Å². The molecule has 19 heavy (non-hydrogen) atoms. The van der Waals surface area contributed by atoms with Gasteiger partial charge < -0.3 is 9.72 Å². The molecule has 3 rings (SSSR count). The average Bonchev–Trinajstić information content (AvgIpc) is 2.96. The standard InChI is InChI=1S/C11H11ClN6O/c1-6(2)18-4-7(3-15-18)19-10-8-9(14-5-13-8)16-11(12)17-10/h3-6H,1-2H3,(H,13,14,16,17). The van der Waals surface area contributed by atoms with Crippen molar-refractivity contribution in [3.05, 3.63) is 24.0 Å². The van der Waals surface area contributed by atoms with Gasteiger partial charge in [-0.2, -0.15) is 15.1 Å². The van der Waals surface area contributed by atoms with Crippen LogP contribution in [0.4, 0.5) is 0 Å². The number of nitrogens with zero attached hydrogens (tertiary/aromatic N) is 5. The second-order valence-electron chi connectivity index (χ2n) is 4.25. The molecule has 98 valence electrons. The number of imidazole rings is 1. The molecular formula is C11H11ClN6O. The highest BCUT2D eigenvalue weighted by Crippen LogP contribution is 2.26. The molecule has 3 heterocycles. The SMILES string of the molecule is CC(C)n1cc(Oc2nc(Cl)nc3nc[nH]c23)cn1. The normalized spacial score (nSPS) is 11.4. The fourth-order valence-electron chi connectivity index (χ4n) is 1.62. The first kappa shape index (κ1) is 11.9. The predicted octanol–water partition coefficient (Wildman–Crippen LogP) is 2.58. The molecule has 0 amide bonds. The third-order valence-electron chi connectivity index (χ3n) is 2.55. The molecule has 0 aliphatic rings.